The van der Waals surface area contributed by atoms with Crippen LogP contribution in [0, 0.1) is 0 Å². The third-order valence-corrected chi connectivity index (χ3v) is 4.19. The molecular formula is C17H13F3N6O. The number of nitrogens with zero attached hydrogens (tertiary/aromatic N) is 6. The van der Waals surface area contributed by atoms with Crippen molar-refractivity contribution in [1.82, 2.24) is 29.4 Å². The predicted molar refractivity (Wildman–Crippen MR) is 90.8 cm³/mol. The van der Waals surface area contributed by atoms with Gasteiger partial charge in [0.1, 0.15) is 5.52 Å². The molecule has 0 saturated carbocycles. The Bertz CT molecular complexity index is 1210. The van der Waals surface area contributed by atoms with Gasteiger partial charge in [0.25, 0.3) is 17.2 Å². The van der Waals surface area contributed by atoms with Crippen molar-refractivity contribution >= 4 is 16.8 Å². The predicted octanol–water partition coefficient (Wildman–Crippen LogP) is 2.97. The molecule has 0 radical (unpaired) electrons. The first-order valence-electron chi connectivity index (χ1n) is 8.08. The zero-order valence-corrected chi connectivity index (χ0v) is 14.3. The zero-order valence-electron chi connectivity index (χ0n) is 14.3. The van der Waals surface area contributed by atoms with Crippen LogP contribution in [0.2, 0.25) is 0 Å². The minimum Gasteiger partial charge on any atom is -0.282 e. The standard InChI is InChI=1S/C17H13F3N6O/c1-9(2)10-3-5-11(6-4-10)25-8-7-12-13(14(25)27)22-23-16-21-15(17(18,19)20)24-26(12)16/h3-9H,1-2H3. The van der Waals surface area contributed by atoms with Gasteiger partial charge in [-0.05, 0) is 29.7 Å². The Labute approximate surface area is 150 Å². The van der Waals surface area contributed by atoms with E-state index >= 15 is 0 Å². The number of pyridine rings is 1. The topological polar surface area (TPSA) is 78.0 Å². The summed E-state index contributed by atoms with van der Waals surface area (Å²) in [6, 6.07) is 8.89. The van der Waals surface area contributed by atoms with Gasteiger partial charge >= 0.3 is 6.18 Å². The zero-order chi connectivity index (χ0) is 19.3. The maximum atomic E-state index is 12.8. The van der Waals surface area contributed by atoms with Crippen LogP contribution in [0.3, 0.4) is 0 Å². The van der Waals surface area contributed by atoms with E-state index in [-0.39, 0.29) is 16.8 Å². The highest BCUT2D eigenvalue weighted by molar-refractivity contribution is 5.74. The van der Waals surface area contributed by atoms with Gasteiger partial charge < -0.3 is 0 Å². The Hall–Kier alpha value is -3.30. The first kappa shape index (κ1) is 17.1. The van der Waals surface area contributed by atoms with Gasteiger partial charge in [0.05, 0.1) is 0 Å². The lowest BCUT2D eigenvalue weighted by Gasteiger charge is -2.09. The summed E-state index contributed by atoms with van der Waals surface area (Å²) in [6.07, 6.45) is -3.25. The molecule has 3 heterocycles. The van der Waals surface area contributed by atoms with Crippen LogP contribution >= 0.6 is 0 Å². The lowest BCUT2D eigenvalue weighted by molar-refractivity contribution is -0.144. The fourth-order valence-corrected chi connectivity index (χ4v) is 2.75. The monoisotopic (exact) mass is 374 g/mol. The Morgan fingerprint density at radius 3 is 2.37 bits per heavy atom. The summed E-state index contributed by atoms with van der Waals surface area (Å²) in [7, 11) is 0. The van der Waals surface area contributed by atoms with E-state index in [2.05, 4.69) is 34.1 Å². The summed E-state index contributed by atoms with van der Waals surface area (Å²) < 4.78 is 40.7. The highest BCUT2D eigenvalue weighted by Gasteiger charge is 2.36. The van der Waals surface area contributed by atoms with Crippen LogP contribution in [0.15, 0.2) is 41.3 Å². The molecule has 0 fully saturated rings. The molecule has 0 spiro atoms. The largest absolute Gasteiger partial charge is 0.453 e. The third-order valence-electron chi connectivity index (χ3n) is 4.19. The normalized spacial score (nSPS) is 12.4. The van der Waals surface area contributed by atoms with Gasteiger partial charge in [-0.3, -0.25) is 9.36 Å². The van der Waals surface area contributed by atoms with Crippen molar-refractivity contribution in [3.8, 4) is 5.69 Å². The molecule has 138 valence electrons. The van der Waals surface area contributed by atoms with Gasteiger partial charge in [0.2, 0.25) is 0 Å². The van der Waals surface area contributed by atoms with Crippen LogP contribution in [-0.4, -0.2) is 29.4 Å². The van der Waals surface area contributed by atoms with E-state index in [1.54, 1.807) is 12.1 Å². The number of aromatic nitrogens is 6. The van der Waals surface area contributed by atoms with Crippen LogP contribution in [0.1, 0.15) is 31.2 Å². The van der Waals surface area contributed by atoms with Crippen molar-refractivity contribution in [2.75, 3.05) is 0 Å². The lowest BCUT2D eigenvalue weighted by atomic mass is 10.0. The Morgan fingerprint density at radius 1 is 1.04 bits per heavy atom. The van der Waals surface area contributed by atoms with Crippen molar-refractivity contribution in [1.29, 1.82) is 0 Å². The number of alkyl halides is 3. The molecule has 0 aliphatic rings. The minimum atomic E-state index is -4.72. The van der Waals surface area contributed by atoms with Gasteiger partial charge in [0, 0.05) is 11.9 Å². The molecule has 0 unspecified atom stereocenters. The smallest absolute Gasteiger partial charge is 0.282 e. The Balaban J connectivity index is 1.89. The van der Waals surface area contributed by atoms with E-state index in [1.807, 2.05) is 12.1 Å². The number of hydrogen-bond acceptors (Lipinski definition) is 5. The first-order valence-corrected chi connectivity index (χ1v) is 8.08. The number of rotatable bonds is 2. The Morgan fingerprint density at radius 2 is 1.74 bits per heavy atom. The van der Waals surface area contributed by atoms with Gasteiger partial charge in [-0.25, -0.2) is 0 Å². The maximum absolute atomic E-state index is 12.8. The quantitative estimate of drug-likeness (QED) is 0.539. The summed E-state index contributed by atoms with van der Waals surface area (Å²) in [5, 5.41) is 10.8. The second-order valence-corrected chi connectivity index (χ2v) is 6.32. The van der Waals surface area contributed by atoms with E-state index in [0.717, 1.165) is 10.1 Å². The van der Waals surface area contributed by atoms with Gasteiger partial charge in [-0.2, -0.15) is 22.7 Å². The molecule has 0 atom stereocenters. The molecule has 0 amide bonds. The molecular weight excluding hydrogens is 361 g/mol. The maximum Gasteiger partial charge on any atom is 0.453 e. The van der Waals surface area contributed by atoms with Crippen LogP contribution in [0.25, 0.3) is 22.5 Å². The summed E-state index contributed by atoms with van der Waals surface area (Å²) in [5.74, 6) is -1.31. The molecule has 10 heteroatoms. The fraction of sp³-hybridized carbons (Fsp3) is 0.235. The number of benzene rings is 1. The molecule has 0 bridgehead atoms. The molecule has 3 aromatic heterocycles. The summed E-state index contributed by atoms with van der Waals surface area (Å²) >= 11 is 0. The second-order valence-electron chi connectivity index (χ2n) is 6.32. The average molecular weight is 374 g/mol. The molecule has 4 rings (SSSR count). The first-order chi connectivity index (χ1) is 12.8. The summed E-state index contributed by atoms with van der Waals surface area (Å²) in [4.78, 5) is 16.1. The average Bonchev–Trinajstić information content (AvgIpc) is 3.07. The number of fused-ring (bicyclic) bond motifs is 3. The van der Waals surface area contributed by atoms with Crippen LogP contribution in [0.4, 0.5) is 13.2 Å². The van der Waals surface area contributed by atoms with E-state index < -0.39 is 17.6 Å². The van der Waals surface area contributed by atoms with Crippen molar-refractivity contribution in [2.24, 2.45) is 0 Å². The van der Waals surface area contributed by atoms with Crippen LogP contribution in [0.5, 0.6) is 0 Å². The fourth-order valence-electron chi connectivity index (χ4n) is 2.75. The van der Waals surface area contributed by atoms with Crippen LogP contribution < -0.4 is 5.56 Å². The highest BCUT2D eigenvalue weighted by atomic mass is 19.4. The molecule has 0 aliphatic heterocycles. The SMILES string of the molecule is CC(C)c1ccc(-n2ccc3c(nnc4nc(C(F)(F)F)nn43)c2=O)cc1. The van der Waals surface area contributed by atoms with Crippen molar-refractivity contribution in [3.05, 3.63) is 58.3 Å². The van der Waals surface area contributed by atoms with Crippen molar-refractivity contribution < 1.29 is 13.2 Å². The molecule has 4 aromatic rings. The third kappa shape index (κ3) is 2.82. The number of hydrogen-bond donors (Lipinski definition) is 0. The van der Waals surface area contributed by atoms with Crippen molar-refractivity contribution in [3.63, 3.8) is 0 Å². The highest BCUT2D eigenvalue weighted by Crippen LogP contribution is 2.26. The summed E-state index contributed by atoms with van der Waals surface area (Å²) in [5.41, 5.74) is 1.22. The van der Waals surface area contributed by atoms with Gasteiger partial charge in [-0.15, -0.1) is 15.3 Å². The molecule has 0 aliphatic carbocycles. The molecule has 0 saturated heterocycles. The number of halogens is 3. The van der Waals surface area contributed by atoms with E-state index in [4.69, 9.17) is 0 Å². The van der Waals surface area contributed by atoms with Crippen molar-refractivity contribution in [2.45, 2.75) is 25.9 Å². The molecule has 27 heavy (non-hydrogen) atoms. The van der Waals surface area contributed by atoms with E-state index in [0.29, 0.717) is 11.6 Å². The molecule has 7 nitrogen and oxygen atoms in total. The van der Waals surface area contributed by atoms with E-state index in [1.165, 1.54) is 16.8 Å². The molecule has 1 aromatic carbocycles. The Kier molecular flexibility index (Phi) is 3.72. The minimum absolute atomic E-state index is 0.100. The van der Waals surface area contributed by atoms with Gasteiger partial charge in [-0.1, -0.05) is 26.0 Å². The second kappa shape index (κ2) is 5.86. The van der Waals surface area contributed by atoms with Crippen LogP contribution in [-0.2, 0) is 6.18 Å². The van der Waals surface area contributed by atoms with E-state index in [9.17, 15) is 18.0 Å². The summed E-state index contributed by atoms with van der Waals surface area (Å²) in [6.45, 7) is 4.12. The van der Waals surface area contributed by atoms with Gasteiger partial charge in [0.15, 0.2) is 5.52 Å². The molecule has 0 N–H and O–H groups in total. The lowest BCUT2D eigenvalue weighted by Crippen LogP contribution is -2.20.